The zero-order chi connectivity index (χ0) is 15.4. The van der Waals surface area contributed by atoms with E-state index in [1.165, 1.54) is 12.1 Å². The molecule has 4 heteroatoms. The first-order chi connectivity index (χ1) is 9.99. The zero-order valence-electron chi connectivity index (χ0n) is 11.8. The van der Waals surface area contributed by atoms with Gasteiger partial charge in [0.15, 0.2) is 0 Å². The molecule has 0 saturated heterocycles. The molecule has 2 nitrogen and oxygen atoms in total. The molecule has 2 aromatic carbocycles. The molecule has 0 saturated carbocycles. The summed E-state index contributed by atoms with van der Waals surface area (Å²) < 4.78 is 30.7. The molecule has 0 fully saturated rings. The minimum atomic E-state index is -2.49. The maximum atomic E-state index is 12.6. The lowest BCUT2D eigenvalue weighted by atomic mass is 10.0. The van der Waals surface area contributed by atoms with Gasteiger partial charge in [0.1, 0.15) is 12.0 Å². The van der Waals surface area contributed by atoms with Crippen LogP contribution >= 0.6 is 0 Å². The van der Waals surface area contributed by atoms with E-state index in [-0.39, 0.29) is 11.7 Å². The number of ether oxygens (including phenoxy) is 1. The lowest BCUT2D eigenvalue weighted by Gasteiger charge is -2.12. The molecule has 0 aliphatic carbocycles. The van der Waals surface area contributed by atoms with Gasteiger partial charge in [-0.3, -0.25) is 4.79 Å². The molecule has 0 heterocycles. The number of hydrogen-bond acceptors (Lipinski definition) is 2. The molecule has 2 rings (SSSR count). The predicted molar refractivity (Wildman–Crippen MR) is 78.0 cm³/mol. The van der Waals surface area contributed by atoms with E-state index in [4.69, 9.17) is 4.74 Å². The predicted octanol–water partition coefficient (Wildman–Crippen LogP) is 4.89. The van der Waals surface area contributed by atoms with Crippen LogP contribution in [-0.2, 0) is 0 Å². The van der Waals surface area contributed by atoms with Crippen molar-refractivity contribution < 1.29 is 18.3 Å². The summed E-state index contributed by atoms with van der Waals surface area (Å²) in [5, 5.41) is 0. The van der Waals surface area contributed by atoms with Gasteiger partial charge in [-0.05, 0) is 43.2 Å². The van der Waals surface area contributed by atoms with E-state index >= 15 is 0 Å². The Labute approximate surface area is 122 Å². The summed E-state index contributed by atoms with van der Waals surface area (Å²) in [4.78, 5) is 11.0. The van der Waals surface area contributed by atoms with Crippen LogP contribution in [0.1, 0.15) is 36.2 Å². The zero-order valence-corrected chi connectivity index (χ0v) is 11.8. The Morgan fingerprint density at radius 1 is 1.00 bits per heavy atom. The van der Waals surface area contributed by atoms with E-state index in [0.717, 1.165) is 17.4 Å². The molecular formula is C17H16F2O2. The van der Waals surface area contributed by atoms with E-state index in [9.17, 15) is 13.6 Å². The van der Waals surface area contributed by atoms with Gasteiger partial charge in [0.2, 0.25) is 0 Å². The highest BCUT2D eigenvalue weighted by Gasteiger charge is 2.09. The number of hydrogen-bond donors (Lipinski definition) is 0. The summed E-state index contributed by atoms with van der Waals surface area (Å²) >= 11 is 0. The van der Waals surface area contributed by atoms with Crippen LogP contribution in [0.2, 0.25) is 0 Å². The van der Waals surface area contributed by atoms with Crippen LogP contribution in [-0.4, -0.2) is 12.4 Å². The summed E-state index contributed by atoms with van der Waals surface area (Å²) in [6.07, 6.45) is -1.76. The Balaban J connectivity index is 2.39. The van der Waals surface area contributed by atoms with E-state index in [2.05, 4.69) is 0 Å². The second-order valence-electron chi connectivity index (χ2n) is 5.00. The summed E-state index contributed by atoms with van der Waals surface area (Å²) in [6, 6.07) is 11.2. The molecule has 0 unspecified atom stereocenters. The fourth-order valence-electron chi connectivity index (χ4n) is 2.02. The molecule has 0 N–H and O–H groups in total. The molecule has 0 aromatic heterocycles. The van der Waals surface area contributed by atoms with Crippen molar-refractivity contribution in [1.29, 1.82) is 0 Å². The molecule has 0 aliphatic heterocycles. The topological polar surface area (TPSA) is 26.3 Å². The fraction of sp³-hybridized carbons (Fsp3) is 0.235. The van der Waals surface area contributed by atoms with Gasteiger partial charge < -0.3 is 4.74 Å². The average Bonchev–Trinajstić information content (AvgIpc) is 2.46. The van der Waals surface area contributed by atoms with Gasteiger partial charge in [0.05, 0.1) is 6.10 Å². The van der Waals surface area contributed by atoms with E-state index in [1.54, 1.807) is 30.3 Å². The smallest absolute Gasteiger partial charge is 0.263 e. The van der Waals surface area contributed by atoms with Gasteiger partial charge >= 0.3 is 0 Å². The van der Waals surface area contributed by atoms with Gasteiger partial charge in [0, 0.05) is 11.1 Å². The second-order valence-corrected chi connectivity index (χ2v) is 5.00. The number of alkyl halides is 2. The minimum absolute atomic E-state index is 0.0130. The monoisotopic (exact) mass is 290 g/mol. The Hall–Kier alpha value is -2.23. The lowest BCUT2D eigenvalue weighted by Crippen LogP contribution is -2.05. The third-order valence-electron chi connectivity index (χ3n) is 2.93. The number of carbonyl (C=O) groups excluding carboxylic acids is 1. The molecule has 0 radical (unpaired) electrons. The van der Waals surface area contributed by atoms with Crippen molar-refractivity contribution in [2.75, 3.05) is 0 Å². The van der Waals surface area contributed by atoms with Crippen molar-refractivity contribution in [3.63, 3.8) is 0 Å². The Morgan fingerprint density at radius 3 is 2.19 bits per heavy atom. The summed E-state index contributed by atoms with van der Waals surface area (Å²) in [5.74, 6) is 0.586. The van der Waals surface area contributed by atoms with Crippen LogP contribution in [0.25, 0.3) is 11.1 Å². The van der Waals surface area contributed by atoms with Crippen molar-refractivity contribution in [1.82, 2.24) is 0 Å². The highest BCUT2D eigenvalue weighted by atomic mass is 19.3. The highest BCUT2D eigenvalue weighted by Crippen LogP contribution is 2.28. The molecule has 2 aromatic rings. The van der Waals surface area contributed by atoms with Gasteiger partial charge in [-0.1, -0.05) is 24.3 Å². The maximum absolute atomic E-state index is 12.6. The van der Waals surface area contributed by atoms with Crippen LogP contribution in [0.4, 0.5) is 8.78 Å². The van der Waals surface area contributed by atoms with E-state index < -0.39 is 6.43 Å². The first-order valence-electron chi connectivity index (χ1n) is 6.65. The van der Waals surface area contributed by atoms with Crippen molar-refractivity contribution >= 4 is 6.29 Å². The van der Waals surface area contributed by atoms with E-state index in [0.29, 0.717) is 11.3 Å². The third kappa shape index (κ3) is 3.88. The van der Waals surface area contributed by atoms with Crippen LogP contribution in [0.3, 0.4) is 0 Å². The molecule has 0 atom stereocenters. The second kappa shape index (κ2) is 6.48. The molecule has 0 spiro atoms. The summed E-state index contributed by atoms with van der Waals surface area (Å²) in [5.41, 5.74) is 1.98. The molecule has 110 valence electrons. The Morgan fingerprint density at radius 2 is 1.67 bits per heavy atom. The van der Waals surface area contributed by atoms with Gasteiger partial charge in [-0.2, -0.15) is 0 Å². The van der Waals surface area contributed by atoms with Crippen molar-refractivity contribution in [3.05, 3.63) is 53.6 Å². The number of halogens is 2. The molecule has 21 heavy (non-hydrogen) atoms. The average molecular weight is 290 g/mol. The number of rotatable bonds is 5. The van der Waals surface area contributed by atoms with Crippen LogP contribution in [0.5, 0.6) is 5.75 Å². The number of carbonyl (C=O) groups is 1. The van der Waals surface area contributed by atoms with Crippen LogP contribution < -0.4 is 4.74 Å². The first kappa shape index (κ1) is 15.2. The maximum Gasteiger partial charge on any atom is 0.263 e. The molecule has 0 bridgehead atoms. The quantitative estimate of drug-likeness (QED) is 0.733. The van der Waals surface area contributed by atoms with Crippen molar-refractivity contribution in [2.45, 2.75) is 26.4 Å². The van der Waals surface area contributed by atoms with Crippen molar-refractivity contribution in [3.8, 4) is 16.9 Å². The van der Waals surface area contributed by atoms with Crippen LogP contribution in [0.15, 0.2) is 42.5 Å². The standard InChI is InChI=1S/C17H16F2O2/c1-11(2)21-16-8-12(10-20)7-15(9-16)13-3-5-14(6-4-13)17(18)19/h3-11,17H,1-2H3. The van der Waals surface area contributed by atoms with Crippen molar-refractivity contribution in [2.24, 2.45) is 0 Å². The highest BCUT2D eigenvalue weighted by molar-refractivity contribution is 5.80. The number of benzene rings is 2. The van der Waals surface area contributed by atoms with E-state index in [1.807, 2.05) is 13.8 Å². The third-order valence-corrected chi connectivity index (χ3v) is 2.93. The molecule has 0 amide bonds. The lowest BCUT2D eigenvalue weighted by molar-refractivity contribution is 0.112. The van der Waals surface area contributed by atoms with Gasteiger partial charge in [-0.25, -0.2) is 8.78 Å². The number of aldehydes is 1. The first-order valence-corrected chi connectivity index (χ1v) is 6.65. The van der Waals surface area contributed by atoms with Gasteiger partial charge in [-0.15, -0.1) is 0 Å². The Kier molecular flexibility index (Phi) is 4.68. The SMILES string of the molecule is CC(C)Oc1cc(C=O)cc(-c2ccc(C(F)F)cc2)c1. The Bertz CT molecular complexity index is 619. The summed E-state index contributed by atoms with van der Waals surface area (Å²) in [7, 11) is 0. The minimum Gasteiger partial charge on any atom is -0.491 e. The summed E-state index contributed by atoms with van der Waals surface area (Å²) in [6.45, 7) is 3.79. The molecule has 0 aliphatic rings. The van der Waals surface area contributed by atoms with Gasteiger partial charge in [0.25, 0.3) is 6.43 Å². The van der Waals surface area contributed by atoms with Crippen LogP contribution in [0, 0.1) is 0 Å². The molecular weight excluding hydrogens is 274 g/mol. The largest absolute Gasteiger partial charge is 0.491 e. The normalized spacial score (nSPS) is 11.0. The fourth-order valence-corrected chi connectivity index (χ4v) is 2.02.